The predicted octanol–water partition coefficient (Wildman–Crippen LogP) is 0.845. The van der Waals surface area contributed by atoms with Crippen molar-refractivity contribution in [2.45, 2.75) is 20.4 Å². The summed E-state index contributed by atoms with van der Waals surface area (Å²) in [6.45, 7) is 4.60. The van der Waals surface area contributed by atoms with Gasteiger partial charge in [-0.1, -0.05) is 12.1 Å². The molecule has 0 spiro atoms. The van der Waals surface area contributed by atoms with Gasteiger partial charge in [-0.25, -0.2) is 4.79 Å². The van der Waals surface area contributed by atoms with Crippen molar-refractivity contribution >= 4 is 12.0 Å². The lowest BCUT2D eigenvalue weighted by Crippen LogP contribution is -2.38. The molecule has 1 aliphatic rings. The maximum atomic E-state index is 11.9. The highest BCUT2D eigenvalue weighted by Gasteiger charge is 2.36. The van der Waals surface area contributed by atoms with Gasteiger partial charge in [-0.15, -0.1) is 0 Å². The summed E-state index contributed by atoms with van der Waals surface area (Å²) in [5.74, 6) is -0.796. The maximum Gasteiger partial charge on any atom is 0.317 e. The number of carboxylic acid groups (broad SMARTS) is 1. The van der Waals surface area contributed by atoms with Gasteiger partial charge >= 0.3 is 12.0 Å². The fourth-order valence-electron chi connectivity index (χ4n) is 2.23. The van der Waals surface area contributed by atoms with Crippen LogP contribution in [0.15, 0.2) is 10.6 Å². The van der Waals surface area contributed by atoms with Crippen LogP contribution in [0.3, 0.4) is 0 Å². The monoisotopic (exact) mass is 267 g/mol. The van der Waals surface area contributed by atoms with Gasteiger partial charge in [0.2, 0.25) is 0 Å². The molecule has 19 heavy (non-hydrogen) atoms. The third-order valence-electron chi connectivity index (χ3n) is 3.31. The molecule has 0 aliphatic carbocycles. The number of aromatic nitrogens is 1. The van der Waals surface area contributed by atoms with Gasteiger partial charge in [0, 0.05) is 19.2 Å². The first kappa shape index (κ1) is 13.4. The third kappa shape index (κ3) is 3.04. The van der Waals surface area contributed by atoms with Gasteiger partial charge in [0.05, 0.1) is 18.2 Å². The first-order chi connectivity index (χ1) is 8.97. The lowest BCUT2D eigenvalue weighted by molar-refractivity contribution is -0.142. The summed E-state index contributed by atoms with van der Waals surface area (Å²) in [5.41, 5.74) is 0.755. The summed E-state index contributed by atoms with van der Waals surface area (Å²) in [6.07, 6.45) is 0. The number of nitrogens with zero attached hydrogens (tertiary/aromatic N) is 2. The zero-order chi connectivity index (χ0) is 14.0. The van der Waals surface area contributed by atoms with Crippen molar-refractivity contribution in [2.24, 2.45) is 11.8 Å². The lowest BCUT2D eigenvalue weighted by Gasteiger charge is -2.16. The predicted molar refractivity (Wildman–Crippen MR) is 65.3 cm³/mol. The molecule has 0 radical (unpaired) electrons. The van der Waals surface area contributed by atoms with E-state index < -0.39 is 11.9 Å². The van der Waals surface area contributed by atoms with E-state index in [0.29, 0.717) is 12.3 Å². The minimum atomic E-state index is -0.853. The van der Waals surface area contributed by atoms with Crippen LogP contribution in [0.1, 0.15) is 18.4 Å². The molecule has 2 N–H and O–H groups in total. The molecule has 2 atom stereocenters. The number of rotatable bonds is 3. The van der Waals surface area contributed by atoms with Crippen molar-refractivity contribution in [3.8, 4) is 0 Å². The van der Waals surface area contributed by atoms with Crippen LogP contribution in [-0.2, 0) is 11.3 Å². The Morgan fingerprint density at radius 3 is 2.84 bits per heavy atom. The number of urea groups is 1. The van der Waals surface area contributed by atoms with Crippen LogP contribution >= 0.6 is 0 Å². The lowest BCUT2D eigenvalue weighted by atomic mass is 9.99. The van der Waals surface area contributed by atoms with Crippen molar-refractivity contribution < 1.29 is 19.2 Å². The number of carboxylic acids is 1. The molecule has 1 fully saturated rings. The summed E-state index contributed by atoms with van der Waals surface area (Å²) >= 11 is 0. The molecular formula is C12H17N3O4. The Morgan fingerprint density at radius 1 is 1.58 bits per heavy atom. The van der Waals surface area contributed by atoms with Gasteiger partial charge in [0.25, 0.3) is 0 Å². The average Bonchev–Trinajstić information content (AvgIpc) is 2.92. The van der Waals surface area contributed by atoms with Crippen LogP contribution in [0.2, 0.25) is 0 Å². The largest absolute Gasteiger partial charge is 0.481 e. The van der Waals surface area contributed by atoms with Crippen LogP contribution in [0, 0.1) is 18.8 Å². The number of carbonyl (C=O) groups is 2. The number of hydrogen-bond acceptors (Lipinski definition) is 4. The molecule has 2 unspecified atom stereocenters. The average molecular weight is 267 g/mol. The van der Waals surface area contributed by atoms with E-state index in [-0.39, 0.29) is 25.0 Å². The van der Waals surface area contributed by atoms with Gasteiger partial charge in [-0.3, -0.25) is 4.79 Å². The summed E-state index contributed by atoms with van der Waals surface area (Å²) < 4.78 is 4.98. The molecule has 2 amide bonds. The Morgan fingerprint density at radius 2 is 2.32 bits per heavy atom. The molecule has 104 valence electrons. The highest BCUT2D eigenvalue weighted by atomic mass is 16.5. The van der Waals surface area contributed by atoms with Crippen LogP contribution < -0.4 is 5.32 Å². The molecule has 2 rings (SSSR count). The summed E-state index contributed by atoms with van der Waals surface area (Å²) in [5, 5.41) is 15.4. The standard InChI is InChI=1S/C12H17N3O4/c1-7-5-15(6-10(7)11(16)17)12(18)13-4-9-3-8(2)14-19-9/h3,7,10H,4-6H2,1-2H3,(H,13,18)(H,16,17). The van der Waals surface area contributed by atoms with Crippen molar-refractivity contribution in [1.82, 2.24) is 15.4 Å². The van der Waals surface area contributed by atoms with Gasteiger partial charge in [-0.05, 0) is 12.8 Å². The highest BCUT2D eigenvalue weighted by molar-refractivity contribution is 5.77. The first-order valence-electron chi connectivity index (χ1n) is 6.15. The minimum Gasteiger partial charge on any atom is -0.481 e. The van der Waals surface area contributed by atoms with E-state index in [4.69, 9.17) is 9.63 Å². The van der Waals surface area contributed by atoms with E-state index in [1.54, 1.807) is 13.0 Å². The SMILES string of the molecule is Cc1cc(CNC(=O)N2CC(C)C(C(=O)O)C2)on1. The Bertz CT molecular complexity index is 485. The van der Waals surface area contributed by atoms with Crippen molar-refractivity contribution in [3.63, 3.8) is 0 Å². The van der Waals surface area contributed by atoms with E-state index in [9.17, 15) is 9.59 Å². The number of hydrogen-bond donors (Lipinski definition) is 2. The number of aliphatic carboxylic acids is 1. The van der Waals surface area contributed by atoms with Crippen molar-refractivity contribution in [1.29, 1.82) is 0 Å². The molecule has 7 heteroatoms. The second-order valence-electron chi connectivity index (χ2n) is 4.92. The van der Waals surface area contributed by atoms with E-state index in [2.05, 4.69) is 10.5 Å². The van der Waals surface area contributed by atoms with E-state index in [1.165, 1.54) is 4.90 Å². The van der Waals surface area contributed by atoms with Crippen LogP contribution in [-0.4, -0.2) is 40.3 Å². The summed E-state index contributed by atoms with van der Waals surface area (Å²) in [6, 6.07) is 1.47. The van der Waals surface area contributed by atoms with E-state index in [1.807, 2.05) is 6.92 Å². The number of likely N-dealkylation sites (tertiary alicyclic amines) is 1. The summed E-state index contributed by atoms with van der Waals surface area (Å²) in [7, 11) is 0. The van der Waals surface area contributed by atoms with Crippen molar-refractivity contribution in [2.75, 3.05) is 13.1 Å². The molecule has 0 bridgehead atoms. The van der Waals surface area contributed by atoms with Gasteiger partial charge < -0.3 is 19.8 Å². The van der Waals surface area contributed by atoms with Crippen LogP contribution in [0.5, 0.6) is 0 Å². The molecule has 7 nitrogen and oxygen atoms in total. The second-order valence-corrected chi connectivity index (χ2v) is 4.92. The van der Waals surface area contributed by atoms with Gasteiger partial charge in [0.15, 0.2) is 5.76 Å². The van der Waals surface area contributed by atoms with E-state index >= 15 is 0 Å². The third-order valence-corrected chi connectivity index (χ3v) is 3.31. The molecular weight excluding hydrogens is 250 g/mol. The number of carbonyl (C=O) groups excluding carboxylic acids is 1. The molecule has 0 saturated carbocycles. The maximum absolute atomic E-state index is 11.9. The minimum absolute atomic E-state index is 0.0317. The molecule has 1 saturated heterocycles. The molecule has 1 aromatic heterocycles. The zero-order valence-electron chi connectivity index (χ0n) is 10.9. The van der Waals surface area contributed by atoms with Gasteiger partial charge in [-0.2, -0.15) is 0 Å². The Hall–Kier alpha value is -2.05. The van der Waals surface area contributed by atoms with Crippen molar-refractivity contribution in [3.05, 3.63) is 17.5 Å². The molecule has 0 aromatic carbocycles. The smallest absolute Gasteiger partial charge is 0.317 e. The van der Waals surface area contributed by atoms with Gasteiger partial charge in [0.1, 0.15) is 0 Å². The molecule has 1 aliphatic heterocycles. The normalized spacial score (nSPS) is 22.5. The highest BCUT2D eigenvalue weighted by Crippen LogP contribution is 2.23. The second kappa shape index (κ2) is 5.29. The Balaban J connectivity index is 1.86. The van der Waals surface area contributed by atoms with E-state index in [0.717, 1.165) is 5.69 Å². The van der Waals surface area contributed by atoms with Crippen LogP contribution in [0.4, 0.5) is 4.79 Å². The first-order valence-corrected chi connectivity index (χ1v) is 6.15. The number of amides is 2. The fraction of sp³-hybridized carbons (Fsp3) is 0.583. The summed E-state index contributed by atoms with van der Waals surface area (Å²) in [4.78, 5) is 24.4. The Labute approximate surface area is 110 Å². The fourth-order valence-corrected chi connectivity index (χ4v) is 2.23. The molecule has 1 aromatic rings. The Kier molecular flexibility index (Phi) is 3.73. The van der Waals surface area contributed by atoms with Crippen LogP contribution in [0.25, 0.3) is 0 Å². The number of aryl methyl sites for hydroxylation is 1. The quantitative estimate of drug-likeness (QED) is 0.846. The zero-order valence-corrected chi connectivity index (χ0v) is 10.9. The topological polar surface area (TPSA) is 95.7 Å². The molecule has 2 heterocycles. The number of nitrogens with one attached hydrogen (secondary N) is 1.